The number of aliphatic hydroxyl groups is 1. The van der Waals surface area contributed by atoms with E-state index in [1.807, 2.05) is 0 Å². The van der Waals surface area contributed by atoms with Crippen LogP contribution in [0.2, 0.25) is 5.02 Å². The number of amides is 1. The van der Waals surface area contributed by atoms with Gasteiger partial charge in [-0.05, 0) is 6.07 Å². The third kappa shape index (κ3) is 4.44. The summed E-state index contributed by atoms with van der Waals surface area (Å²) in [7, 11) is 0. The molecule has 1 amide bonds. The van der Waals surface area contributed by atoms with Crippen molar-refractivity contribution in [2.24, 2.45) is 4.99 Å². The van der Waals surface area contributed by atoms with Crippen LogP contribution in [0.3, 0.4) is 0 Å². The maximum absolute atomic E-state index is 14.6. The molecule has 3 atom stereocenters. The Morgan fingerprint density at radius 3 is 2.84 bits per heavy atom. The lowest BCUT2D eigenvalue weighted by molar-refractivity contribution is -0.139. The van der Waals surface area contributed by atoms with E-state index in [9.17, 15) is 27.5 Å². The smallest absolute Gasteiger partial charge is 0.391 e. The van der Waals surface area contributed by atoms with Crippen molar-refractivity contribution < 1.29 is 27.5 Å². The van der Waals surface area contributed by atoms with Gasteiger partial charge >= 0.3 is 6.18 Å². The summed E-state index contributed by atoms with van der Waals surface area (Å²) in [6.45, 7) is -1.72. The molecular formula is C18H15ClF4N6O2. The average Bonchev–Trinajstić information content (AvgIpc) is 3.29. The van der Waals surface area contributed by atoms with Gasteiger partial charge in [0.05, 0.1) is 23.2 Å². The number of carbonyl (C=O) groups is 1. The number of alkyl halides is 3. The molecule has 2 aromatic heterocycles. The number of nitrogens with one attached hydrogen (secondary N) is 1. The molecule has 0 bridgehead atoms. The fourth-order valence-corrected chi connectivity index (χ4v) is 3.71. The fourth-order valence-electron chi connectivity index (χ4n) is 3.54. The second-order valence-corrected chi connectivity index (χ2v) is 7.55. The van der Waals surface area contributed by atoms with Gasteiger partial charge in [-0.3, -0.25) is 4.79 Å². The molecule has 31 heavy (non-hydrogen) atoms. The summed E-state index contributed by atoms with van der Waals surface area (Å²) in [5, 5.41) is 12.1. The third-order valence-corrected chi connectivity index (χ3v) is 5.09. The number of carbonyl (C=O) groups excluding carboxylic acids is 1. The third-order valence-electron chi connectivity index (χ3n) is 4.88. The van der Waals surface area contributed by atoms with Crippen molar-refractivity contribution in [3.05, 3.63) is 40.7 Å². The van der Waals surface area contributed by atoms with Gasteiger partial charge in [0, 0.05) is 30.9 Å². The maximum Gasteiger partial charge on any atom is 0.405 e. The van der Waals surface area contributed by atoms with Crippen LogP contribution in [0.15, 0.2) is 23.5 Å². The summed E-state index contributed by atoms with van der Waals surface area (Å²) in [5.74, 6) is -2.21. The first-order valence-electron chi connectivity index (χ1n) is 9.13. The highest BCUT2D eigenvalue weighted by molar-refractivity contribution is 6.30. The van der Waals surface area contributed by atoms with Gasteiger partial charge < -0.3 is 15.3 Å². The van der Waals surface area contributed by atoms with Crippen molar-refractivity contribution in [1.29, 1.82) is 0 Å². The number of aromatic nitrogens is 3. The monoisotopic (exact) mass is 458 g/mol. The van der Waals surface area contributed by atoms with Crippen molar-refractivity contribution in [2.75, 3.05) is 18.0 Å². The number of aliphatic imine (C=N–C) groups is 1. The Morgan fingerprint density at radius 2 is 2.10 bits per heavy atom. The number of halogens is 5. The highest BCUT2D eigenvalue weighted by atomic mass is 35.5. The number of hydrogen-bond donors (Lipinski definition) is 2. The van der Waals surface area contributed by atoms with E-state index in [0.29, 0.717) is 16.4 Å². The Morgan fingerprint density at radius 1 is 1.32 bits per heavy atom. The zero-order valence-corrected chi connectivity index (χ0v) is 16.4. The predicted octanol–water partition coefficient (Wildman–Crippen LogP) is 2.13. The molecule has 164 valence electrons. The molecule has 0 radical (unpaired) electrons. The lowest BCUT2D eigenvalue weighted by Crippen LogP contribution is -2.46. The van der Waals surface area contributed by atoms with Gasteiger partial charge in [-0.2, -0.15) is 13.2 Å². The summed E-state index contributed by atoms with van der Waals surface area (Å²) in [6, 6.07) is 0.399. The van der Waals surface area contributed by atoms with Crippen LogP contribution in [0.1, 0.15) is 23.7 Å². The van der Waals surface area contributed by atoms with Gasteiger partial charge in [0.1, 0.15) is 18.4 Å². The van der Waals surface area contributed by atoms with E-state index in [1.54, 1.807) is 11.4 Å². The first-order chi connectivity index (χ1) is 14.6. The molecule has 8 nitrogen and oxygen atoms in total. The van der Waals surface area contributed by atoms with Gasteiger partial charge in [-0.25, -0.2) is 24.3 Å². The van der Waals surface area contributed by atoms with Crippen molar-refractivity contribution in [3.8, 4) is 0 Å². The lowest BCUT2D eigenvalue weighted by Gasteiger charge is -2.25. The minimum atomic E-state index is -4.60. The molecule has 0 saturated carbocycles. The minimum absolute atomic E-state index is 0.138. The number of β-amino-alcohol motifs (C(OH)–C–C–N with tert-alkyl or cyclic N) is 1. The molecule has 13 heteroatoms. The molecule has 1 unspecified atom stereocenters. The van der Waals surface area contributed by atoms with E-state index in [1.165, 1.54) is 12.4 Å². The van der Waals surface area contributed by atoms with Crippen molar-refractivity contribution in [2.45, 2.75) is 30.7 Å². The van der Waals surface area contributed by atoms with Crippen molar-refractivity contribution in [3.63, 3.8) is 0 Å². The quantitative estimate of drug-likeness (QED) is 0.680. The van der Waals surface area contributed by atoms with Gasteiger partial charge in [0.25, 0.3) is 0 Å². The molecule has 4 heterocycles. The van der Waals surface area contributed by atoms with E-state index in [2.05, 4.69) is 19.9 Å². The molecule has 4 rings (SSSR count). The second kappa shape index (κ2) is 8.00. The normalized spacial score (nSPS) is 22.6. The summed E-state index contributed by atoms with van der Waals surface area (Å²) < 4.78 is 51.9. The summed E-state index contributed by atoms with van der Waals surface area (Å²) >= 11 is 5.99. The molecule has 1 saturated heterocycles. The highest BCUT2D eigenvalue weighted by Gasteiger charge is 2.40. The van der Waals surface area contributed by atoms with Gasteiger partial charge in [-0.15, -0.1) is 0 Å². The van der Waals surface area contributed by atoms with Crippen LogP contribution in [0, 0.1) is 5.82 Å². The number of fused-ring (bicyclic) bond motifs is 1. The standard InChI is InChI=1S/C18H15ClF4N6O2/c19-8-1-10-11(4-25-14(10)24-3-8)15-26-5-12(20)16(28-15)29-6-9(30)2-13(29)17(31)27-7-18(21,22)23/h1,3-5,9,11,13,30H,2,6-7H2,(H,27,31)/t9-,11?,13+/m1/s1. The number of hydrogen-bond acceptors (Lipinski definition) is 7. The molecule has 2 N–H and O–H groups in total. The van der Waals surface area contributed by atoms with Crippen molar-refractivity contribution >= 4 is 35.4 Å². The van der Waals surface area contributed by atoms with E-state index in [0.717, 1.165) is 11.1 Å². The van der Waals surface area contributed by atoms with Crippen LogP contribution in [0.25, 0.3) is 0 Å². The minimum Gasteiger partial charge on any atom is -0.391 e. The largest absolute Gasteiger partial charge is 0.405 e. The van der Waals surface area contributed by atoms with E-state index in [4.69, 9.17) is 11.6 Å². The lowest BCUT2D eigenvalue weighted by atomic mass is 10.0. The fraction of sp³-hybridized carbons (Fsp3) is 0.389. The highest BCUT2D eigenvalue weighted by Crippen LogP contribution is 2.36. The second-order valence-electron chi connectivity index (χ2n) is 7.11. The number of rotatable bonds is 4. The summed E-state index contributed by atoms with van der Waals surface area (Å²) in [4.78, 5) is 29.9. The van der Waals surface area contributed by atoms with E-state index >= 15 is 0 Å². The number of pyridine rings is 1. The van der Waals surface area contributed by atoms with Gasteiger partial charge in [-0.1, -0.05) is 11.6 Å². The first kappa shape index (κ1) is 21.4. The van der Waals surface area contributed by atoms with Crippen LogP contribution < -0.4 is 10.2 Å². The summed E-state index contributed by atoms with van der Waals surface area (Å²) in [6.07, 6.45) is -1.98. The molecule has 1 fully saturated rings. The molecule has 2 aliphatic rings. The zero-order valence-electron chi connectivity index (χ0n) is 15.6. The average molecular weight is 459 g/mol. The molecule has 2 aromatic rings. The number of aliphatic hydroxyl groups excluding tert-OH is 1. The Labute approximate surface area is 178 Å². The Hall–Kier alpha value is -2.86. The molecule has 0 aliphatic carbocycles. The van der Waals surface area contributed by atoms with Crippen LogP contribution in [0.5, 0.6) is 0 Å². The van der Waals surface area contributed by atoms with Gasteiger partial charge in [0.15, 0.2) is 17.5 Å². The molecule has 0 aromatic carbocycles. The van der Waals surface area contributed by atoms with Crippen LogP contribution in [-0.4, -0.2) is 63.6 Å². The van der Waals surface area contributed by atoms with Crippen LogP contribution >= 0.6 is 11.6 Å². The predicted molar refractivity (Wildman–Crippen MR) is 102 cm³/mol. The Balaban J connectivity index is 1.63. The topological polar surface area (TPSA) is 104 Å². The number of nitrogens with zero attached hydrogens (tertiary/aromatic N) is 5. The first-order valence-corrected chi connectivity index (χ1v) is 9.51. The SMILES string of the molecule is O=C(NCC(F)(F)F)[C@@H]1C[C@@H](O)CN1c1nc(C2C=Nc3ncc(Cl)cc32)ncc1F. The Kier molecular flexibility index (Phi) is 5.52. The zero-order chi connectivity index (χ0) is 22.3. The Bertz CT molecular complexity index is 1050. The van der Waals surface area contributed by atoms with Crippen molar-refractivity contribution in [1.82, 2.24) is 20.3 Å². The van der Waals surface area contributed by atoms with Crippen LogP contribution in [-0.2, 0) is 4.79 Å². The van der Waals surface area contributed by atoms with Gasteiger partial charge in [0.2, 0.25) is 5.91 Å². The van der Waals surface area contributed by atoms with Crippen LogP contribution in [0.4, 0.5) is 29.2 Å². The molecular weight excluding hydrogens is 444 g/mol. The van der Waals surface area contributed by atoms with E-state index < -0.39 is 42.5 Å². The van der Waals surface area contributed by atoms with E-state index in [-0.39, 0.29) is 24.6 Å². The molecule has 2 aliphatic heterocycles. The molecule has 0 spiro atoms. The summed E-state index contributed by atoms with van der Waals surface area (Å²) in [5.41, 5.74) is 0.603. The maximum atomic E-state index is 14.6. The number of anilines is 1.